The van der Waals surface area contributed by atoms with Gasteiger partial charge in [0, 0.05) is 18.7 Å². The Morgan fingerprint density at radius 1 is 1.23 bits per heavy atom. The zero-order valence-electron chi connectivity index (χ0n) is 16.8. The maximum Gasteiger partial charge on any atom is 0.243 e. The van der Waals surface area contributed by atoms with Crippen LogP contribution in [0.3, 0.4) is 0 Å². The van der Waals surface area contributed by atoms with Gasteiger partial charge in [-0.1, -0.05) is 23.9 Å². The molecule has 0 unspecified atom stereocenters. The van der Waals surface area contributed by atoms with Crippen LogP contribution in [0.5, 0.6) is 0 Å². The largest absolute Gasteiger partial charge is 0.467 e. The Bertz CT molecular complexity index is 1180. The minimum absolute atomic E-state index is 0.194. The van der Waals surface area contributed by atoms with Crippen LogP contribution < -0.4 is 0 Å². The smallest absolute Gasteiger partial charge is 0.243 e. The molecule has 4 rings (SSSR count). The average molecular weight is 460 g/mol. The Kier molecular flexibility index (Phi) is 6.43. The van der Waals surface area contributed by atoms with Crippen molar-refractivity contribution in [3.05, 3.63) is 48.4 Å². The zero-order valence-corrected chi connectivity index (χ0v) is 18.5. The van der Waals surface area contributed by atoms with Crippen molar-refractivity contribution in [2.45, 2.75) is 28.8 Å². The van der Waals surface area contributed by atoms with Gasteiger partial charge in [-0.05, 0) is 31.2 Å². The lowest BCUT2D eigenvalue weighted by Gasteiger charge is -2.26. The fraction of sp³-hybridized carbons (Fsp3) is 0.350. The number of hydrogen-bond acceptors (Lipinski definition) is 8. The number of nitrogens with zero attached hydrogens (tertiary/aromatic N) is 5. The highest BCUT2D eigenvalue weighted by atomic mass is 32.2. The van der Waals surface area contributed by atoms with Crippen LogP contribution in [-0.4, -0.2) is 59.0 Å². The Balaban J connectivity index is 1.72. The Morgan fingerprint density at radius 3 is 2.74 bits per heavy atom. The van der Waals surface area contributed by atoms with E-state index < -0.39 is 10.0 Å². The van der Waals surface area contributed by atoms with Gasteiger partial charge in [-0.15, -0.1) is 10.2 Å². The predicted octanol–water partition coefficient (Wildman–Crippen LogP) is 2.61. The fourth-order valence-corrected chi connectivity index (χ4v) is 5.40. The van der Waals surface area contributed by atoms with Crippen LogP contribution in [-0.2, 0) is 21.3 Å². The second-order valence-corrected chi connectivity index (χ2v) is 10.2. The van der Waals surface area contributed by atoms with E-state index in [-0.39, 0.29) is 10.1 Å². The van der Waals surface area contributed by atoms with Crippen LogP contribution in [0.2, 0.25) is 0 Å². The van der Waals surface area contributed by atoms with Gasteiger partial charge in [0.1, 0.15) is 5.76 Å². The second kappa shape index (κ2) is 9.23. The first kappa shape index (κ1) is 21.6. The second-order valence-electron chi connectivity index (χ2n) is 6.91. The molecule has 0 spiro atoms. The van der Waals surface area contributed by atoms with Crippen molar-refractivity contribution in [2.24, 2.45) is 0 Å². The summed E-state index contributed by atoms with van der Waals surface area (Å²) in [5.74, 6) is 1.20. The van der Waals surface area contributed by atoms with E-state index in [9.17, 15) is 13.7 Å². The molecule has 1 fully saturated rings. The van der Waals surface area contributed by atoms with Gasteiger partial charge in [0.05, 0.1) is 42.2 Å². The van der Waals surface area contributed by atoms with Crippen molar-refractivity contribution in [1.82, 2.24) is 19.1 Å². The lowest BCUT2D eigenvalue weighted by Crippen LogP contribution is -2.40. The van der Waals surface area contributed by atoms with Gasteiger partial charge >= 0.3 is 0 Å². The van der Waals surface area contributed by atoms with Gasteiger partial charge in [-0.25, -0.2) is 8.42 Å². The molecule has 0 N–H and O–H groups in total. The molecule has 3 heterocycles. The number of morpholine rings is 1. The zero-order chi connectivity index (χ0) is 21.8. The molecule has 1 aliphatic rings. The molecule has 1 aromatic carbocycles. The average Bonchev–Trinajstić information content (AvgIpc) is 3.45. The van der Waals surface area contributed by atoms with E-state index in [0.29, 0.717) is 55.2 Å². The first-order valence-electron chi connectivity index (χ1n) is 9.69. The van der Waals surface area contributed by atoms with E-state index in [2.05, 4.69) is 16.3 Å². The van der Waals surface area contributed by atoms with Crippen LogP contribution in [0.4, 0.5) is 0 Å². The number of nitriles is 1. The molecule has 3 aromatic rings. The molecule has 9 nitrogen and oxygen atoms in total. The molecule has 0 amide bonds. The highest BCUT2D eigenvalue weighted by Crippen LogP contribution is 2.29. The van der Waals surface area contributed by atoms with E-state index in [1.807, 2.05) is 10.6 Å². The maximum atomic E-state index is 13.1. The van der Waals surface area contributed by atoms with Crippen molar-refractivity contribution in [3.63, 3.8) is 0 Å². The monoisotopic (exact) mass is 459 g/mol. The topological polar surface area (TPSA) is 114 Å². The predicted molar refractivity (Wildman–Crippen MR) is 114 cm³/mol. The van der Waals surface area contributed by atoms with Crippen molar-refractivity contribution in [3.8, 4) is 17.5 Å². The van der Waals surface area contributed by atoms with Gasteiger partial charge in [-0.3, -0.25) is 4.57 Å². The number of sulfonamides is 1. The summed E-state index contributed by atoms with van der Waals surface area (Å²) in [6.07, 6.45) is 1.58. The van der Waals surface area contributed by atoms with Crippen LogP contribution in [0.15, 0.2) is 57.1 Å². The van der Waals surface area contributed by atoms with E-state index in [1.54, 1.807) is 43.5 Å². The molecule has 1 saturated heterocycles. The minimum Gasteiger partial charge on any atom is -0.467 e. The number of thioether (sulfide) groups is 1. The van der Waals surface area contributed by atoms with Crippen LogP contribution in [0, 0.1) is 11.3 Å². The Morgan fingerprint density at radius 2 is 2.03 bits per heavy atom. The summed E-state index contributed by atoms with van der Waals surface area (Å²) < 4.78 is 40.2. The van der Waals surface area contributed by atoms with Gasteiger partial charge < -0.3 is 9.15 Å². The van der Waals surface area contributed by atoms with E-state index in [0.717, 1.165) is 0 Å². The molecular formula is C20H21N5O4S2. The summed E-state index contributed by atoms with van der Waals surface area (Å²) in [7, 11) is -3.64. The van der Waals surface area contributed by atoms with Gasteiger partial charge in [0.2, 0.25) is 10.0 Å². The lowest BCUT2D eigenvalue weighted by atomic mass is 10.2. The highest BCUT2D eigenvalue weighted by Gasteiger charge is 2.27. The SMILES string of the molecule is C[C@@H](C#N)Sc1nnc(-c2cccc(S(=O)(=O)N3CCOCC3)c2)n1Cc1ccco1. The normalized spacial score (nSPS) is 16.1. The number of hydrogen-bond donors (Lipinski definition) is 0. The Hall–Kier alpha value is -2.65. The quantitative estimate of drug-likeness (QED) is 0.495. The third-order valence-electron chi connectivity index (χ3n) is 4.77. The first-order valence-corrected chi connectivity index (χ1v) is 12.0. The minimum atomic E-state index is -3.64. The third-order valence-corrected chi connectivity index (χ3v) is 7.64. The number of benzene rings is 1. The summed E-state index contributed by atoms with van der Waals surface area (Å²) in [6.45, 7) is 3.56. The molecule has 162 valence electrons. The molecule has 0 bridgehead atoms. The molecule has 2 aromatic heterocycles. The van der Waals surface area contributed by atoms with E-state index >= 15 is 0 Å². The molecule has 1 aliphatic heterocycles. The summed E-state index contributed by atoms with van der Waals surface area (Å²) >= 11 is 1.29. The van der Waals surface area contributed by atoms with Crippen LogP contribution >= 0.6 is 11.8 Å². The standard InChI is InChI=1S/C20H21N5O4S2/c1-15(13-21)30-20-23-22-19(25(20)14-17-5-3-9-29-17)16-4-2-6-18(12-16)31(26,27)24-7-10-28-11-8-24/h2-6,9,12,15H,7-8,10-11,14H2,1H3/t15-/m0/s1. The van der Waals surface area contributed by atoms with Crippen molar-refractivity contribution in [2.75, 3.05) is 26.3 Å². The van der Waals surface area contributed by atoms with Crippen molar-refractivity contribution < 1.29 is 17.6 Å². The number of rotatable bonds is 7. The summed E-state index contributed by atoms with van der Waals surface area (Å²) in [6, 6.07) is 12.5. The number of furan rings is 1. The summed E-state index contributed by atoms with van der Waals surface area (Å²) in [4.78, 5) is 0.194. The highest BCUT2D eigenvalue weighted by molar-refractivity contribution is 8.00. The molecule has 31 heavy (non-hydrogen) atoms. The summed E-state index contributed by atoms with van der Waals surface area (Å²) in [5, 5.41) is 18.0. The third kappa shape index (κ3) is 4.67. The van der Waals surface area contributed by atoms with E-state index in [4.69, 9.17) is 9.15 Å². The maximum absolute atomic E-state index is 13.1. The van der Waals surface area contributed by atoms with Crippen molar-refractivity contribution >= 4 is 21.8 Å². The van der Waals surface area contributed by atoms with Crippen molar-refractivity contribution in [1.29, 1.82) is 5.26 Å². The van der Waals surface area contributed by atoms with E-state index in [1.165, 1.54) is 16.1 Å². The lowest BCUT2D eigenvalue weighted by molar-refractivity contribution is 0.0730. The van der Waals surface area contributed by atoms with Gasteiger partial charge in [0.15, 0.2) is 11.0 Å². The molecule has 1 atom stereocenters. The molecule has 0 saturated carbocycles. The van der Waals surface area contributed by atoms with Crippen LogP contribution in [0.1, 0.15) is 12.7 Å². The number of ether oxygens (including phenoxy) is 1. The van der Waals surface area contributed by atoms with Crippen LogP contribution in [0.25, 0.3) is 11.4 Å². The molecule has 0 radical (unpaired) electrons. The fourth-order valence-electron chi connectivity index (χ4n) is 3.21. The first-order chi connectivity index (χ1) is 15.0. The summed E-state index contributed by atoms with van der Waals surface area (Å²) in [5.41, 5.74) is 0.616. The molecular weight excluding hydrogens is 438 g/mol. The van der Waals surface area contributed by atoms with Gasteiger partial charge in [0.25, 0.3) is 0 Å². The molecule has 0 aliphatic carbocycles. The molecule has 11 heteroatoms. The Labute approximate surface area is 184 Å². The van der Waals surface area contributed by atoms with Gasteiger partial charge in [-0.2, -0.15) is 9.57 Å². The number of aromatic nitrogens is 3.